The first-order chi connectivity index (χ1) is 13.2. The van der Waals surface area contributed by atoms with E-state index in [4.69, 9.17) is 0 Å². The van der Waals surface area contributed by atoms with Crippen LogP contribution in [-0.2, 0) is 11.3 Å². The molecule has 0 radical (unpaired) electrons. The molecule has 5 nitrogen and oxygen atoms in total. The summed E-state index contributed by atoms with van der Waals surface area (Å²) in [6.45, 7) is 5.61. The summed E-state index contributed by atoms with van der Waals surface area (Å²) in [6.07, 6.45) is 1.86. The summed E-state index contributed by atoms with van der Waals surface area (Å²) in [4.78, 5) is 16.9. The first-order valence-corrected chi connectivity index (χ1v) is 9.65. The number of nitrogens with one attached hydrogen (secondary N) is 1. The summed E-state index contributed by atoms with van der Waals surface area (Å²) < 4.78 is 0. The SMILES string of the molecule is CC(=O)N1C[C@H]2CN(Cc3ccc4cn[nH]c4c3)C[C@H]2[C@@H]1c1ccccc1. The van der Waals surface area contributed by atoms with E-state index in [2.05, 4.69) is 62.5 Å². The van der Waals surface area contributed by atoms with Crippen molar-refractivity contribution in [3.05, 3.63) is 65.9 Å². The maximum atomic E-state index is 12.2. The Kier molecular flexibility index (Phi) is 3.97. The number of aromatic amines is 1. The van der Waals surface area contributed by atoms with Gasteiger partial charge in [-0.25, -0.2) is 0 Å². The second-order valence-corrected chi connectivity index (χ2v) is 7.94. The maximum Gasteiger partial charge on any atom is 0.219 e. The van der Waals surface area contributed by atoms with Gasteiger partial charge in [0.2, 0.25) is 5.91 Å². The number of aromatic nitrogens is 2. The second-order valence-electron chi connectivity index (χ2n) is 7.94. The van der Waals surface area contributed by atoms with Crippen molar-refractivity contribution in [3.8, 4) is 0 Å². The molecule has 3 aromatic rings. The number of H-pyrrole nitrogens is 1. The van der Waals surface area contributed by atoms with E-state index < -0.39 is 0 Å². The number of amides is 1. The van der Waals surface area contributed by atoms with Crippen LogP contribution in [0.4, 0.5) is 0 Å². The number of hydrogen-bond donors (Lipinski definition) is 1. The smallest absolute Gasteiger partial charge is 0.219 e. The van der Waals surface area contributed by atoms with Crippen LogP contribution in [0, 0.1) is 11.8 Å². The predicted octanol–water partition coefficient (Wildman–Crippen LogP) is 3.21. The predicted molar refractivity (Wildman–Crippen MR) is 105 cm³/mol. The number of fused-ring (bicyclic) bond motifs is 2. The lowest BCUT2D eigenvalue weighted by molar-refractivity contribution is -0.130. The first-order valence-electron chi connectivity index (χ1n) is 9.65. The fourth-order valence-corrected chi connectivity index (χ4v) is 5.01. The van der Waals surface area contributed by atoms with Crippen molar-refractivity contribution in [2.45, 2.75) is 19.5 Å². The molecule has 2 aliphatic heterocycles. The van der Waals surface area contributed by atoms with Gasteiger partial charge in [0.05, 0.1) is 17.8 Å². The van der Waals surface area contributed by atoms with Gasteiger partial charge >= 0.3 is 0 Å². The topological polar surface area (TPSA) is 52.2 Å². The van der Waals surface area contributed by atoms with E-state index in [0.717, 1.165) is 37.1 Å². The van der Waals surface area contributed by atoms with Gasteiger partial charge in [-0.1, -0.05) is 42.5 Å². The largest absolute Gasteiger partial charge is 0.335 e. The van der Waals surface area contributed by atoms with E-state index in [1.807, 2.05) is 12.3 Å². The van der Waals surface area contributed by atoms with Crippen molar-refractivity contribution in [2.75, 3.05) is 19.6 Å². The van der Waals surface area contributed by atoms with E-state index >= 15 is 0 Å². The van der Waals surface area contributed by atoms with Gasteiger partial charge < -0.3 is 4.90 Å². The molecule has 3 atom stereocenters. The van der Waals surface area contributed by atoms with Crippen LogP contribution in [-0.4, -0.2) is 45.5 Å². The molecule has 0 spiro atoms. The number of carbonyl (C=O) groups is 1. The molecule has 5 rings (SSSR count). The molecule has 2 aliphatic rings. The van der Waals surface area contributed by atoms with Crippen LogP contribution in [0.25, 0.3) is 10.9 Å². The third-order valence-electron chi connectivity index (χ3n) is 6.20. The Bertz CT molecular complexity index is 967. The Morgan fingerprint density at radius 2 is 2.00 bits per heavy atom. The van der Waals surface area contributed by atoms with Gasteiger partial charge in [-0.05, 0) is 23.1 Å². The molecule has 1 amide bonds. The van der Waals surface area contributed by atoms with Gasteiger partial charge in [-0.3, -0.25) is 14.8 Å². The highest BCUT2D eigenvalue weighted by Gasteiger charge is 2.48. The van der Waals surface area contributed by atoms with Gasteiger partial charge in [0.25, 0.3) is 0 Å². The van der Waals surface area contributed by atoms with Crippen molar-refractivity contribution in [3.63, 3.8) is 0 Å². The van der Waals surface area contributed by atoms with Gasteiger partial charge in [0.15, 0.2) is 0 Å². The number of nitrogens with zero attached hydrogens (tertiary/aromatic N) is 3. The maximum absolute atomic E-state index is 12.2. The summed E-state index contributed by atoms with van der Waals surface area (Å²) in [5.41, 5.74) is 3.67. The minimum absolute atomic E-state index is 0.189. The summed E-state index contributed by atoms with van der Waals surface area (Å²) in [7, 11) is 0. The van der Waals surface area contributed by atoms with Gasteiger partial charge in [-0.15, -0.1) is 0 Å². The molecule has 1 aromatic heterocycles. The van der Waals surface area contributed by atoms with E-state index in [-0.39, 0.29) is 11.9 Å². The first kappa shape index (κ1) is 16.5. The van der Waals surface area contributed by atoms with Crippen LogP contribution in [0.15, 0.2) is 54.7 Å². The minimum atomic E-state index is 0.189. The van der Waals surface area contributed by atoms with Crippen LogP contribution in [0.1, 0.15) is 24.1 Å². The molecule has 3 heterocycles. The van der Waals surface area contributed by atoms with Crippen molar-refractivity contribution >= 4 is 16.8 Å². The quantitative estimate of drug-likeness (QED) is 0.780. The minimum Gasteiger partial charge on any atom is -0.335 e. The molecule has 0 unspecified atom stereocenters. The van der Waals surface area contributed by atoms with Crippen LogP contribution < -0.4 is 0 Å². The summed E-state index contributed by atoms with van der Waals surface area (Å²) in [5, 5.41) is 8.32. The van der Waals surface area contributed by atoms with Crippen LogP contribution in [0.2, 0.25) is 0 Å². The van der Waals surface area contributed by atoms with Crippen molar-refractivity contribution in [1.29, 1.82) is 0 Å². The summed E-state index contributed by atoms with van der Waals surface area (Å²) in [5.74, 6) is 1.25. The number of likely N-dealkylation sites (tertiary alicyclic amines) is 2. The molecule has 2 saturated heterocycles. The van der Waals surface area contributed by atoms with Crippen molar-refractivity contribution < 1.29 is 4.79 Å². The number of carbonyl (C=O) groups excluding carboxylic acids is 1. The molecule has 2 fully saturated rings. The fourth-order valence-electron chi connectivity index (χ4n) is 5.01. The van der Waals surface area contributed by atoms with E-state index in [9.17, 15) is 4.79 Å². The van der Waals surface area contributed by atoms with Gasteiger partial charge in [0.1, 0.15) is 0 Å². The summed E-state index contributed by atoms with van der Waals surface area (Å²) >= 11 is 0. The molecule has 2 aromatic carbocycles. The Labute approximate surface area is 159 Å². The zero-order valence-electron chi connectivity index (χ0n) is 15.5. The second kappa shape index (κ2) is 6.50. The van der Waals surface area contributed by atoms with Crippen LogP contribution in [0.5, 0.6) is 0 Å². The standard InChI is InChI=1S/C22H24N4O/c1-15(27)26-13-19-12-25(11-16-7-8-18-10-23-24-21(18)9-16)14-20(19)22(26)17-5-3-2-4-6-17/h2-10,19-20,22H,11-14H2,1H3,(H,23,24)/t19-,20-,22+/m1/s1. The van der Waals surface area contributed by atoms with Gasteiger partial charge in [-0.2, -0.15) is 5.10 Å². The zero-order valence-corrected chi connectivity index (χ0v) is 15.5. The molecule has 0 saturated carbocycles. The Balaban J connectivity index is 1.36. The number of benzene rings is 2. The molecular weight excluding hydrogens is 336 g/mol. The molecule has 138 valence electrons. The van der Waals surface area contributed by atoms with Crippen molar-refractivity contribution in [2.24, 2.45) is 11.8 Å². The third-order valence-corrected chi connectivity index (χ3v) is 6.20. The van der Waals surface area contributed by atoms with E-state index in [1.54, 1.807) is 6.92 Å². The number of rotatable bonds is 3. The Hall–Kier alpha value is -2.66. The Morgan fingerprint density at radius 1 is 1.15 bits per heavy atom. The van der Waals surface area contributed by atoms with Crippen molar-refractivity contribution in [1.82, 2.24) is 20.0 Å². The zero-order chi connectivity index (χ0) is 18.4. The highest BCUT2D eigenvalue weighted by atomic mass is 16.2. The van der Waals surface area contributed by atoms with Crippen LogP contribution >= 0.6 is 0 Å². The average Bonchev–Trinajstić information content (AvgIpc) is 3.35. The van der Waals surface area contributed by atoms with E-state index in [1.165, 1.54) is 11.1 Å². The fraction of sp³-hybridized carbons (Fsp3) is 0.364. The summed E-state index contributed by atoms with van der Waals surface area (Å²) in [6, 6.07) is 17.3. The molecule has 27 heavy (non-hydrogen) atoms. The molecule has 5 heteroatoms. The van der Waals surface area contributed by atoms with Crippen LogP contribution in [0.3, 0.4) is 0 Å². The number of hydrogen-bond acceptors (Lipinski definition) is 3. The lowest BCUT2D eigenvalue weighted by Crippen LogP contribution is -2.34. The molecule has 0 aliphatic carbocycles. The molecule has 1 N–H and O–H groups in total. The lowest BCUT2D eigenvalue weighted by atomic mass is 9.89. The molecular formula is C22H24N4O. The average molecular weight is 360 g/mol. The van der Waals surface area contributed by atoms with E-state index in [0.29, 0.717) is 11.8 Å². The normalized spacial score (nSPS) is 25.2. The highest BCUT2D eigenvalue weighted by molar-refractivity contribution is 5.78. The monoisotopic (exact) mass is 360 g/mol. The third kappa shape index (κ3) is 2.92. The highest BCUT2D eigenvalue weighted by Crippen LogP contribution is 2.45. The van der Waals surface area contributed by atoms with Gasteiger partial charge in [0, 0.05) is 44.4 Å². The lowest BCUT2D eigenvalue weighted by Gasteiger charge is -2.29. The Morgan fingerprint density at radius 3 is 2.81 bits per heavy atom. The molecule has 0 bridgehead atoms.